The van der Waals surface area contributed by atoms with Crippen molar-refractivity contribution in [3.63, 3.8) is 0 Å². The molecule has 10 atom stereocenters. The summed E-state index contributed by atoms with van der Waals surface area (Å²) in [6.07, 6.45) is 11.0. The summed E-state index contributed by atoms with van der Waals surface area (Å²) in [6, 6.07) is 0. The molecule has 8 aliphatic rings. The Kier molecular flexibility index (Phi) is 22.4. The molecule has 0 nitrogen and oxygen atoms in total. The minimum Gasteiger partial charge on any atom is -0.0735 e. The van der Waals surface area contributed by atoms with Crippen molar-refractivity contribution in [2.45, 2.75) is 218 Å². The summed E-state index contributed by atoms with van der Waals surface area (Å²) < 4.78 is 0. The van der Waals surface area contributed by atoms with Gasteiger partial charge in [0.25, 0.3) is 0 Å². The molecular weight excluding hydrogens is 673 g/mol. The molecule has 0 radical (unpaired) electrons. The van der Waals surface area contributed by atoms with Crippen LogP contribution in [0.3, 0.4) is 0 Å². The van der Waals surface area contributed by atoms with Gasteiger partial charge in [0, 0.05) is 0 Å². The van der Waals surface area contributed by atoms with Gasteiger partial charge in [-0.3, -0.25) is 0 Å². The maximum atomic E-state index is 2.35. The first kappa shape index (κ1) is 52.5. The third-order valence-corrected chi connectivity index (χ3v) is 17.2. The lowest BCUT2D eigenvalue weighted by Gasteiger charge is -2.38. The van der Waals surface area contributed by atoms with Gasteiger partial charge in [-0.05, 0) is 205 Å². The van der Waals surface area contributed by atoms with E-state index < -0.39 is 0 Å². The van der Waals surface area contributed by atoms with Crippen molar-refractivity contribution in [2.24, 2.45) is 71.0 Å². The Labute approximate surface area is 354 Å². The van der Waals surface area contributed by atoms with Gasteiger partial charge in [-0.15, -0.1) is 0 Å². The molecule has 0 heteroatoms. The van der Waals surface area contributed by atoms with Crippen LogP contribution in [0.25, 0.3) is 0 Å². The van der Waals surface area contributed by atoms with E-state index in [1.807, 2.05) is 0 Å². The van der Waals surface area contributed by atoms with E-state index in [-0.39, 0.29) is 0 Å². The first-order valence-electron chi connectivity index (χ1n) is 23.7. The third kappa shape index (κ3) is 15.6. The first-order chi connectivity index (χ1) is 25.7. The lowest BCUT2D eigenvalue weighted by atomic mass is 9.68. The molecule has 0 aliphatic heterocycles. The molecule has 10 unspecified atom stereocenters. The van der Waals surface area contributed by atoms with Gasteiger partial charge >= 0.3 is 0 Å². The van der Waals surface area contributed by atoms with Gasteiger partial charge in [0.05, 0.1) is 0 Å². The van der Waals surface area contributed by atoms with E-state index in [1.54, 1.807) is 66.9 Å². The van der Waals surface area contributed by atoms with Crippen molar-refractivity contribution in [3.8, 4) is 0 Å². The fourth-order valence-electron chi connectivity index (χ4n) is 9.14. The average molecular weight is 773 g/mol. The number of hydrogen-bond acceptors (Lipinski definition) is 0. The van der Waals surface area contributed by atoms with E-state index in [4.69, 9.17) is 0 Å². The molecule has 0 aromatic heterocycles. The van der Waals surface area contributed by atoms with E-state index in [1.165, 1.54) is 51.4 Å². The molecule has 0 aromatic carbocycles. The molecule has 0 spiro atoms. The highest BCUT2D eigenvalue weighted by Crippen LogP contribution is 2.40. The molecule has 56 heavy (non-hydrogen) atoms. The van der Waals surface area contributed by atoms with Crippen molar-refractivity contribution in [1.82, 2.24) is 0 Å². The van der Waals surface area contributed by atoms with Crippen LogP contribution in [0.5, 0.6) is 0 Å². The van der Waals surface area contributed by atoms with Crippen LogP contribution in [-0.4, -0.2) is 0 Å². The number of hydrogen-bond donors (Lipinski definition) is 0. The molecule has 8 rings (SSSR count). The highest BCUT2D eigenvalue weighted by atomic mass is 14.4. The fraction of sp³-hybridized carbons (Fsp3) is 0.786. The van der Waals surface area contributed by atoms with Gasteiger partial charge in [0.2, 0.25) is 0 Å². The zero-order valence-electron chi connectivity index (χ0n) is 42.6. The predicted molar refractivity (Wildman–Crippen MR) is 257 cm³/mol. The van der Waals surface area contributed by atoms with Crippen molar-refractivity contribution in [1.29, 1.82) is 0 Å². The molecule has 2 fully saturated rings. The van der Waals surface area contributed by atoms with Crippen molar-refractivity contribution in [2.75, 3.05) is 0 Å². The van der Waals surface area contributed by atoms with E-state index in [0.29, 0.717) is 0 Å². The standard InChI is InChI=1S/2C7H14.6C7H12/c8*1-5-4-6(2)7(5)3/h2*5-7H,4H2,1-3H3;6*5H,4H2,1-3H3. The molecular formula is C56H100. The van der Waals surface area contributed by atoms with Crippen molar-refractivity contribution < 1.29 is 0 Å². The normalized spacial score (nSPS) is 35.6. The summed E-state index contributed by atoms with van der Waals surface area (Å²) in [5.74, 6) is 11.4. The maximum absolute atomic E-state index is 2.35. The average Bonchev–Trinajstić information content (AvgIpc) is 3.19. The lowest BCUT2D eigenvalue weighted by Crippen LogP contribution is -2.29. The highest BCUT2D eigenvalue weighted by Gasteiger charge is 2.30. The molecule has 0 bridgehead atoms. The summed E-state index contributed by atoms with van der Waals surface area (Å²) in [4.78, 5) is 0. The summed E-state index contributed by atoms with van der Waals surface area (Å²) in [5, 5.41) is 0. The Hall–Kier alpha value is -1.56. The van der Waals surface area contributed by atoms with E-state index in [9.17, 15) is 0 Å². The third-order valence-electron chi connectivity index (χ3n) is 17.2. The quantitative estimate of drug-likeness (QED) is 0.215. The van der Waals surface area contributed by atoms with Crippen LogP contribution >= 0.6 is 0 Å². The fourth-order valence-corrected chi connectivity index (χ4v) is 9.14. The molecule has 0 N–H and O–H groups in total. The van der Waals surface area contributed by atoms with Gasteiger partial charge in [0.1, 0.15) is 0 Å². The van der Waals surface area contributed by atoms with Crippen LogP contribution in [0.15, 0.2) is 66.9 Å². The summed E-state index contributed by atoms with van der Waals surface area (Å²) in [7, 11) is 0. The Morgan fingerprint density at radius 2 is 0.357 bits per heavy atom. The van der Waals surface area contributed by atoms with Gasteiger partial charge in [-0.1, -0.05) is 150 Å². The largest absolute Gasteiger partial charge is 0.0735 e. The van der Waals surface area contributed by atoms with E-state index in [0.717, 1.165) is 71.0 Å². The number of rotatable bonds is 0. The predicted octanol–water partition coefficient (Wildman–Crippen LogP) is 18.8. The smallest absolute Gasteiger partial charge is 0.0195 e. The SMILES string of the molecule is CC1=C(C)C(C)C1.CC1=C(C)C(C)C1.CC1=C(C)C(C)C1.CC1=C(C)C(C)C1.CC1=C(C)C(C)C1.CC1=C(C)C(C)C1.CC1CC(C)C1C.CC1CC(C)C1C. The Morgan fingerprint density at radius 3 is 0.357 bits per heavy atom. The molecule has 324 valence electrons. The van der Waals surface area contributed by atoms with Crippen LogP contribution < -0.4 is 0 Å². The maximum Gasteiger partial charge on any atom is -0.0195 e. The van der Waals surface area contributed by atoms with Gasteiger partial charge in [-0.2, -0.15) is 0 Å². The van der Waals surface area contributed by atoms with Gasteiger partial charge < -0.3 is 0 Å². The van der Waals surface area contributed by atoms with Gasteiger partial charge in [-0.25, -0.2) is 0 Å². The van der Waals surface area contributed by atoms with E-state index >= 15 is 0 Å². The lowest BCUT2D eigenvalue weighted by molar-refractivity contribution is 0.120. The van der Waals surface area contributed by atoms with Crippen LogP contribution in [0.4, 0.5) is 0 Å². The van der Waals surface area contributed by atoms with Crippen LogP contribution in [0.2, 0.25) is 0 Å². The second kappa shape index (κ2) is 23.9. The Bertz CT molecular complexity index is 1180. The van der Waals surface area contributed by atoms with E-state index in [2.05, 4.69) is 166 Å². The highest BCUT2D eigenvalue weighted by molar-refractivity contribution is 5.26. The van der Waals surface area contributed by atoms with Crippen LogP contribution in [-0.2, 0) is 0 Å². The second-order valence-electron chi connectivity index (χ2n) is 21.5. The zero-order chi connectivity index (χ0) is 43.5. The first-order valence-corrected chi connectivity index (χ1v) is 23.7. The monoisotopic (exact) mass is 773 g/mol. The molecule has 0 amide bonds. The summed E-state index contributed by atoms with van der Waals surface area (Å²) in [6.45, 7) is 54.4. The molecule has 0 heterocycles. The molecule has 0 saturated heterocycles. The summed E-state index contributed by atoms with van der Waals surface area (Å²) >= 11 is 0. The Balaban J connectivity index is 0.000000320. The van der Waals surface area contributed by atoms with Crippen molar-refractivity contribution >= 4 is 0 Å². The minimum atomic E-state index is 0.889. The molecule has 2 saturated carbocycles. The van der Waals surface area contributed by atoms with Crippen molar-refractivity contribution in [3.05, 3.63) is 66.9 Å². The van der Waals surface area contributed by atoms with Crippen LogP contribution in [0.1, 0.15) is 218 Å². The number of allylic oxidation sites excluding steroid dienone is 12. The van der Waals surface area contributed by atoms with Gasteiger partial charge in [0.15, 0.2) is 0 Å². The van der Waals surface area contributed by atoms with Crippen LogP contribution in [0, 0.1) is 71.0 Å². The Morgan fingerprint density at radius 1 is 0.232 bits per heavy atom. The second-order valence-corrected chi connectivity index (χ2v) is 21.5. The molecule has 8 aliphatic carbocycles. The topological polar surface area (TPSA) is 0 Å². The zero-order valence-corrected chi connectivity index (χ0v) is 42.6. The molecule has 0 aromatic rings. The summed E-state index contributed by atoms with van der Waals surface area (Å²) in [5.41, 5.74) is 19.3. The minimum absolute atomic E-state index is 0.889.